The molecule has 1 aromatic carbocycles. The number of carboxylic acids is 1. The summed E-state index contributed by atoms with van der Waals surface area (Å²) >= 11 is 5.97. The van der Waals surface area contributed by atoms with Crippen LogP contribution in [0.1, 0.15) is 17.5 Å². The third kappa shape index (κ3) is 1.53. The molecule has 0 fully saturated rings. The summed E-state index contributed by atoms with van der Waals surface area (Å²) in [5, 5.41) is 9.47. The number of halogens is 1. The molecule has 1 aliphatic carbocycles. The topological polar surface area (TPSA) is 37.3 Å². The number of benzene rings is 1. The van der Waals surface area contributed by atoms with E-state index in [-0.39, 0.29) is 0 Å². The molecule has 0 bridgehead atoms. The summed E-state index contributed by atoms with van der Waals surface area (Å²) in [4.78, 5) is 10.8. The molecule has 0 aromatic heterocycles. The Labute approximate surface area is 86.8 Å². The van der Waals surface area contributed by atoms with Gasteiger partial charge in [-0.3, -0.25) is 0 Å². The second-order valence-corrected chi connectivity index (χ2v) is 3.69. The molecule has 0 radical (unpaired) electrons. The van der Waals surface area contributed by atoms with Gasteiger partial charge in [0.1, 0.15) is 0 Å². The number of hydrogen-bond acceptors (Lipinski definition) is 1. The summed E-state index contributed by atoms with van der Waals surface area (Å²) in [6, 6.07) is 5.65. The molecule has 3 heteroatoms. The Morgan fingerprint density at radius 1 is 1.36 bits per heavy atom. The molecule has 0 spiro atoms. The van der Waals surface area contributed by atoms with Crippen LogP contribution in [0.4, 0.5) is 0 Å². The number of rotatable bonds is 1. The minimum Gasteiger partial charge on any atom is -0.478 e. The van der Waals surface area contributed by atoms with Gasteiger partial charge in [-0.2, -0.15) is 0 Å². The van der Waals surface area contributed by atoms with Gasteiger partial charge in [0.15, 0.2) is 0 Å². The lowest BCUT2D eigenvalue weighted by Crippen LogP contribution is -2.07. The number of hydrogen-bond donors (Lipinski definition) is 1. The molecule has 0 atom stereocenters. The lowest BCUT2D eigenvalue weighted by Gasteiger charge is -2.14. The van der Waals surface area contributed by atoms with Crippen molar-refractivity contribution in [2.75, 3.05) is 0 Å². The zero-order valence-corrected chi connectivity index (χ0v) is 8.21. The van der Waals surface area contributed by atoms with Crippen molar-refractivity contribution in [1.82, 2.24) is 0 Å². The first-order valence-corrected chi connectivity index (χ1v) is 4.77. The maximum absolute atomic E-state index is 10.8. The van der Waals surface area contributed by atoms with E-state index in [2.05, 4.69) is 0 Å². The first kappa shape index (κ1) is 9.28. The molecular weight excluding hydrogens is 200 g/mol. The molecular formula is C11H9ClO2. The van der Waals surface area contributed by atoms with E-state index in [9.17, 15) is 4.79 Å². The van der Waals surface area contributed by atoms with Crippen LogP contribution >= 0.6 is 11.6 Å². The highest BCUT2D eigenvalue weighted by atomic mass is 35.5. The Hall–Kier alpha value is -1.28. The maximum atomic E-state index is 10.8. The van der Waals surface area contributed by atoms with Crippen molar-refractivity contribution in [2.24, 2.45) is 0 Å². The van der Waals surface area contributed by atoms with Crippen LogP contribution in [0.2, 0.25) is 5.02 Å². The maximum Gasteiger partial charge on any atom is 0.331 e. The molecule has 72 valence electrons. The lowest BCUT2D eigenvalue weighted by atomic mass is 9.92. The predicted molar refractivity (Wildman–Crippen MR) is 55.4 cm³/mol. The molecule has 2 rings (SSSR count). The third-order valence-electron chi connectivity index (χ3n) is 2.40. The van der Waals surface area contributed by atoms with Gasteiger partial charge in [-0.05, 0) is 36.1 Å². The van der Waals surface area contributed by atoms with Gasteiger partial charge >= 0.3 is 5.97 Å². The summed E-state index contributed by atoms with van der Waals surface area (Å²) in [6.07, 6.45) is 3.01. The molecule has 14 heavy (non-hydrogen) atoms. The van der Waals surface area contributed by atoms with Crippen molar-refractivity contribution in [3.63, 3.8) is 0 Å². The van der Waals surface area contributed by atoms with Crippen LogP contribution in [0.25, 0.3) is 6.08 Å². The zero-order valence-electron chi connectivity index (χ0n) is 7.46. The Bertz CT molecular complexity index is 421. The molecule has 1 aromatic rings. The van der Waals surface area contributed by atoms with E-state index < -0.39 is 5.97 Å². The molecule has 0 saturated carbocycles. The lowest BCUT2D eigenvalue weighted by molar-refractivity contribution is -0.132. The van der Waals surface area contributed by atoms with Crippen LogP contribution in [0.5, 0.6) is 0 Å². The highest BCUT2D eigenvalue weighted by molar-refractivity contribution is 6.32. The fraction of sp³-hybridized carbons (Fsp3) is 0.182. The summed E-state index contributed by atoms with van der Waals surface area (Å²) in [7, 11) is 0. The minimum atomic E-state index is -0.851. The Morgan fingerprint density at radius 2 is 2.14 bits per heavy atom. The number of aliphatic carboxylic acids is 1. The van der Waals surface area contributed by atoms with E-state index in [4.69, 9.17) is 16.7 Å². The van der Waals surface area contributed by atoms with Gasteiger partial charge in [0.25, 0.3) is 0 Å². The van der Waals surface area contributed by atoms with Crippen LogP contribution in [-0.4, -0.2) is 11.1 Å². The van der Waals surface area contributed by atoms with Crippen molar-refractivity contribution in [3.05, 3.63) is 39.9 Å². The number of fused-ring (bicyclic) bond motifs is 1. The Balaban J connectivity index is 2.52. The zero-order chi connectivity index (χ0) is 10.1. The summed E-state index contributed by atoms with van der Waals surface area (Å²) in [5.74, 6) is -0.851. The van der Waals surface area contributed by atoms with Gasteiger partial charge in [-0.15, -0.1) is 0 Å². The van der Waals surface area contributed by atoms with E-state index in [0.29, 0.717) is 17.0 Å². The predicted octanol–water partition coefficient (Wildman–Crippen LogP) is 2.75. The van der Waals surface area contributed by atoms with Gasteiger partial charge < -0.3 is 5.11 Å². The summed E-state index contributed by atoms with van der Waals surface area (Å²) in [5.41, 5.74) is 2.42. The quantitative estimate of drug-likeness (QED) is 0.771. The first-order chi connectivity index (χ1) is 6.68. The minimum absolute atomic E-state index is 0.436. The van der Waals surface area contributed by atoms with E-state index in [0.717, 1.165) is 17.5 Å². The molecule has 2 nitrogen and oxygen atoms in total. The smallest absolute Gasteiger partial charge is 0.331 e. The fourth-order valence-corrected chi connectivity index (χ4v) is 1.89. The van der Waals surface area contributed by atoms with Crippen LogP contribution in [0.15, 0.2) is 23.8 Å². The van der Waals surface area contributed by atoms with E-state index in [1.165, 1.54) is 0 Å². The standard InChI is InChI=1S/C11H9ClO2/c12-10-3-1-2-7-4-5-8(11(13)14)6-9(7)10/h1-3,6H,4-5H2,(H,13,14). The number of aryl methyl sites for hydroxylation is 1. The largest absolute Gasteiger partial charge is 0.478 e. The second kappa shape index (κ2) is 3.46. The fourth-order valence-electron chi connectivity index (χ4n) is 1.65. The van der Waals surface area contributed by atoms with Crippen LogP contribution < -0.4 is 0 Å². The number of carboxylic acid groups (broad SMARTS) is 1. The summed E-state index contributed by atoms with van der Waals surface area (Å²) < 4.78 is 0. The van der Waals surface area contributed by atoms with Crippen LogP contribution in [0, 0.1) is 0 Å². The summed E-state index contributed by atoms with van der Waals surface area (Å²) in [6.45, 7) is 0. The van der Waals surface area contributed by atoms with Crippen LogP contribution in [0.3, 0.4) is 0 Å². The van der Waals surface area contributed by atoms with Gasteiger partial charge in [0, 0.05) is 10.6 Å². The molecule has 0 heterocycles. The van der Waals surface area contributed by atoms with Crippen molar-refractivity contribution in [2.45, 2.75) is 12.8 Å². The van der Waals surface area contributed by atoms with Crippen molar-refractivity contribution >= 4 is 23.6 Å². The van der Waals surface area contributed by atoms with E-state index in [1.807, 2.05) is 12.1 Å². The molecule has 0 saturated heterocycles. The van der Waals surface area contributed by atoms with Crippen molar-refractivity contribution in [1.29, 1.82) is 0 Å². The molecule has 1 N–H and O–H groups in total. The average Bonchev–Trinajstić information content (AvgIpc) is 2.18. The van der Waals surface area contributed by atoms with Gasteiger partial charge in [0.05, 0.1) is 0 Å². The van der Waals surface area contributed by atoms with E-state index in [1.54, 1.807) is 12.1 Å². The highest BCUT2D eigenvalue weighted by Gasteiger charge is 2.16. The Kier molecular flexibility index (Phi) is 2.30. The van der Waals surface area contributed by atoms with Crippen molar-refractivity contribution < 1.29 is 9.90 Å². The van der Waals surface area contributed by atoms with Gasteiger partial charge in [0.2, 0.25) is 0 Å². The average molecular weight is 209 g/mol. The molecule has 0 aliphatic heterocycles. The second-order valence-electron chi connectivity index (χ2n) is 3.29. The molecule has 0 amide bonds. The SMILES string of the molecule is O=C(O)C1=Cc2c(Cl)cccc2CC1. The normalized spacial score (nSPS) is 14.5. The molecule has 0 unspecified atom stereocenters. The third-order valence-corrected chi connectivity index (χ3v) is 2.73. The highest BCUT2D eigenvalue weighted by Crippen LogP contribution is 2.29. The molecule has 1 aliphatic rings. The van der Waals surface area contributed by atoms with Gasteiger partial charge in [-0.1, -0.05) is 23.7 Å². The Morgan fingerprint density at radius 3 is 2.86 bits per heavy atom. The van der Waals surface area contributed by atoms with Crippen molar-refractivity contribution in [3.8, 4) is 0 Å². The van der Waals surface area contributed by atoms with E-state index >= 15 is 0 Å². The number of carbonyl (C=O) groups is 1. The first-order valence-electron chi connectivity index (χ1n) is 4.40. The van der Waals surface area contributed by atoms with Crippen LogP contribution in [-0.2, 0) is 11.2 Å². The monoisotopic (exact) mass is 208 g/mol. The van der Waals surface area contributed by atoms with Gasteiger partial charge in [-0.25, -0.2) is 4.79 Å².